The number of rotatable bonds is 2. The molecule has 1 aliphatic heterocycles. The van der Waals surface area contributed by atoms with E-state index in [1.165, 1.54) is 0 Å². The first-order chi connectivity index (χ1) is 7.20. The van der Waals surface area contributed by atoms with Crippen molar-refractivity contribution in [2.45, 2.75) is 19.1 Å². The van der Waals surface area contributed by atoms with Gasteiger partial charge >= 0.3 is 0 Å². The number of hydrogen-bond acceptors (Lipinski definition) is 2. The first-order valence-corrected chi connectivity index (χ1v) is 5.23. The minimum absolute atomic E-state index is 0.0300. The third kappa shape index (κ3) is 1.96. The molecule has 2 heteroatoms. The second-order valence-corrected chi connectivity index (χ2v) is 4.01. The predicted molar refractivity (Wildman–Crippen MR) is 59.4 cm³/mol. The molecule has 0 amide bonds. The minimum Gasteiger partial charge on any atom is -0.388 e. The summed E-state index contributed by atoms with van der Waals surface area (Å²) in [6, 6.07) is 9.67. The van der Waals surface area contributed by atoms with Gasteiger partial charge in [-0.1, -0.05) is 36.9 Å². The van der Waals surface area contributed by atoms with Crippen LogP contribution in [0.3, 0.4) is 0 Å². The van der Waals surface area contributed by atoms with Crippen molar-refractivity contribution in [1.82, 2.24) is 0 Å². The first kappa shape index (κ1) is 10.4. The van der Waals surface area contributed by atoms with E-state index in [-0.39, 0.29) is 12.0 Å². The Balaban J connectivity index is 2.16. The van der Waals surface area contributed by atoms with Gasteiger partial charge in [0.05, 0.1) is 18.8 Å². The lowest BCUT2D eigenvalue weighted by atomic mass is 9.90. The third-order valence-electron chi connectivity index (χ3n) is 3.05. The number of aliphatic hydroxyl groups is 1. The molecule has 1 fully saturated rings. The van der Waals surface area contributed by atoms with Crippen LogP contribution >= 0.6 is 0 Å². The lowest BCUT2D eigenvalue weighted by molar-refractivity contribution is 0.0809. The summed E-state index contributed by atoms with van der Waals surface area (Å²) >= 11 is 0. The summed E-state index contributed by atoms with van der Waals surface area (Å²) in [4.78, 5) is 0. The van der Waals surface area contributed by atoms with Crippen LogP contribution in [0.2, 0.25) is 0 Å². The van der Waals surface area contributed by atoms with E-state index >= 15 is 0 Å². The fraction of sp³-hybridized carbons (Fsp3) is 0.385. The maximum Gasteiger partial charge on any atom is 0.0878 e. The molecule has 1 aliphatic rings. The Morgan fingerprint density at radius 3 is 2.60 bits per heavy atom. The van der Waals surface area contributed by atoms with Gasteiger partial charge in [-0.2, -0.15) is 0 Å². The van der Waals surface area contributed by atoms with Gasteiger partial charge in [-0.05, 0) is 18.1 Å². The van der Waals surface area contributed by atoms with Crippen molar-refractivity contribution in [2.24, 2.45) is 5.92 Å². The highest BCUT2D eigenvalue weighted by atomic mass is 16.5. The average Bonchev–Trinajstić information content (AvgIpc) is 2.60. The molecular weight excluding hydrogens is 188 g/mol. The molecule has 0 aliphatic carbocycles. The van der Waals surface area contributed by atoms with E-state index in [1.54, 1.807) is 0 Å². The van der Waals surface area contributed by atoms with E-state index < -0.39 is 6.10 Å². The van der Waals surface area contributed by atoms with Gasteiger partial charge in [-0.15, -0.1) is 0 Å². The van der Waals surface area contributed by atoms with Crippen LogP contribution in [0.4, 0.5) is 0 Å². The molecule has 3 atom stereocenters. The monoisotopic (exact) mass is 204 g/mol. The van der Waals surface area contributed by atoms with E-state index in [0.717, 1.165) is 11.1 Å². The molecule has 0 radical (unpaired) electrons. The molecule has 1 saturated heterocycles. The van der Waals surface area contributed by atoms with Crippen LogP contribution in [0, 0.1) is 5.92 Å². The summed E-state index contributed by atoms with van der Waals surface area (Å²) in [6.07, 6.45) is -0.433. The minimum atomic E-state index is -0.497. The fourth-order valence-corrected chi connectivity index (χ4v) is 1.94. The Kier molecular flexibility index (Phi) is 2.89. The highest BCUT2D eigenvalue weighted by molar-refractivity contribution is 5.23. The molecule has 0 saturated carbocycles. The molecule has 0 spiro atoms. The molecule has 2 nitrogen and oxygen atoms in total. The SMILES string of the molecule is C=C1[C@H](C)OC[C@@H]1[C@@H](O)c1ccccc1. The Bertz CT molecular complexity index is 345. The van der Waals surface area contributed by atoms with Crippen LogP contribution in [-0.4, -0.2) is 17.8 Å². The summed E-state index contributed by atoms with van der Waals surface area (Å²) in [6.45, 7) is 6.52. The lowest BCUT2D eigenvalue weighted by Gasteiger charge is -2.18. The van der Waals surface area contributed by atoms with Crippen LogP contribution in [0.1, 0.15) is 18.6 Å². The summed E-state index contributed by atoms with van der Waals surface area (Å²) < 4.78 is 5.46. The highest BCUT2D eigenvalue weighted by Crippen LogP contribution is 2.34. The number of ether oxygens (including phenoxy) is 1. The normalized spacial score (nSPS) is 28.0. The molecule has 0 bridgehead atoms. The maximum atomic E-state index is 10.2. The number of hydrogen-bond donors (Lipinski definition) is 1. The predicted octanol–water partition coefficient (Wildman–Crippen LogP) is 2.31. The molecule has 1 aromatic carbocycles. The first-order valence-electron chi connectivity index (χ1n) is 5.23. The molecule has 2 rings (SSSR count). The van der Waals surface area contributed by atoms with Crippen LogP contribution in [-0.2, 0) is 4.74 Å². The van der Waals surface area contributed by atoms with Gasteiger partial charge in [0.2, 0.25) is 0 Å². The zero-order chi connectivity index (χ0) is 10.8. The smallest absolute Gasteiger partial charge is 0.0878 e. The van der Waals surface area contributed by atoms with Gasteiger partial charge in [-0.25, -0.2) is 0 Å². The van der Waals surface area contributed by atoms with Gasteiger partial charge in [0.1, 0.15) is 0 Å². The summed E-state index contributed by atoms with van der Waals surface area (Å²) in [5.41, 5.74) is 1.92. The molecule has 1 heterocycles. The lowest BCUT2D eigenvalue weighted by Crippen LogP contribution is -2.14. The highest BCUT2D eigenvalue weighted by Gasteiger charge is 2.32. The molecular formula is C13H16O2. The van der Waals surface area contributed by atoms with E-state index in [0.29, 0.717) is 6.61 Å². The summed E-state index contributed by atoms with van der Waals surface area (Å²) in [5, 5.41) is 10.2. The molecule has 1 N–H and O–H groups in total. The number of aliphatic hydroxyl groups excluding tert-OH is 1. The molecule has 0 aromatic heterocycles. The van der Waals surface area contributed by atoms with Crippen LogP contribution in [0.15, 0.2) is 42.5 Å². The van der Waals surface area contributed by atoms with Gasteiger partial charge < -0.3 is 9.84 Å². The van der Waals surface area contributed by atoms with Gasteiger partial charge in [0.25, 0.3) is 0 Å². The zero-order valence-electron chi connectivity index (χ0n) is 8.89. The standard InChI is InChI=1S/C13H16O2/c1-9-10(2)15-8-12(9)13(14)11-6-4-3-5-7-11/h3-7,10,12-14H,1,8H2,2H3/t10-,12-,13-/m0/s1. The van der Waals surface area contributed by atoms with E-state index in [1.807, 2.05) is 37.3 Å². The zero-order valence-corrected chi connectivity index (χ0v) is 8.89. The topological polar surface area (TPSA) is 29.5 Å². The van der Waals surface area contributed by atoms with E-state index in [9.17, 15) is 5.11 Å². The molecule has 80 valence electrons. The Morgan fingerprint density at radius 1 is 1.40 bits per heavy atom. The van der Waals surface area contributed by atoms with Gasteiger partial charge in [-0.3, -0.25) is 0 Å². The Morgan fingerprint density at radius 2 is 2.07 bits per heavy atom. The van der Waals surface area contributed by atoms with E-state index in [4.69, 9.17) is 4.74 Å². The van der Waals surface area contributed by atoms with Gasteiger partial charge in [0.15, 0.2) is 0 Å². The quantitative estimate of drug-likeness (QED) is 0.749. The largest absolute Gasteiger partial charge is 0.388 e. The van der Waals surface area contributed by atoms with Gasteiger partial charge in [0, 0.05) is 5.92 Å². The molecule has 15 heavy (non-hydrogen) atoms. The van der Waals surface area contributed by atoms with E-state index in [2.05, 4.69) is 6.58 Å². The summed E-state index contributed by atoms with van der Waals surface area (Å²) in [5.74, 6) is 0.0300. The second kappa shape index (κ2) is 4.17. The molecule has 0 unspecified atom stereocenters. The Labute approximate surface area is 90.2 Å². The maximum absolute atomic E-state index is 10.2. The summed E-state index contributed by atoms with van der Waals surface area (Å²) in [7, 11) is 0. The van der Waals surface area contributed by atoms with Crippen molar-refractivity contribution in [3.05, 3.63) is 48.0 Å². The third-order valence-corrected chi connectivity index (χ3v) is 3.05. The van der Waals surface area contributed by atoms with Crippen molar-refractivity contribution >= 4 is 0 Å². The van der Waals surface area contributed by atoms with Crippen molar-refractivity contribution in [2.75, 3.05) is 6.61 Å². The number of benzene rings is 1. The van der Waals surface area contributed by atoms with Crippen LogP contribution in [0.25, 0.3) is 0 Å². The fourth-order valence-electron chi connectivity index (χ4n) is 1.94. The molecule has 1 aromatic rings. The van der Waals surface area contributed by atoms with Crippen LogP contribution in [0.5, 0.6) is 0 Å². The second-order valence-electron chi connectivity index (χ2n) is 4.01. The van der Waals surface area contributed by atoms with Crippen molar-refractivity contribution in [3.63, 3.8) is 0 Å². The average molecular weight is 204 g/mol. The van der Waals surface area contributed by atoms with Crippen molar-refractivity contribution in [1.29, 1.82) is 0 Å². The van der Waals surface area contributed by atoms with Crippen molar-refractivity contribution < 1.29 is 9.84 Å². The van der Waals surface area contributed by atoms with Crippen LogP contribution < -0.4 is 0 Å². The van der Waals surface area contributed by atoms with Crippen molar-refractivity contribution in [3.8, 4) is 0 Å². The Hall–Kier alpha value is -1.12.